The number of aliphatic carboxylic acids is 1. The molecular weight excluding hydrogens is 649 g/mol. The Hall–Kier alpha value is -1.87. The van der Waals surface area contributed by atoms with Crippen LogP contribution in [0.5, 0.6) is 0 Å². The standard InChI is InChI=1S/C50H80O3/c1-9-10-11-12-13-14-15-16-17-18-19-20-21-22-23-24-25-26-37-53-43-31-32-47(6)41(46(43,4)5)30-33-49(8)42(47)28-27-40-44-39(3)38(2)29-34-50(44,45(51)52)36-35-48(40,49)7/h13-14,16-17,19-20,22-23,27,38-39,41-44H,9-12,15,18,21,24-26,28-37H2,1-8H3,(H,51,52)/t38-,39+,41?,42-,43+,44+,47+,48-,49-,50+/m1/s1. The quantitative estimate of drug-likeness (QED) is 0.120. The van der Waals surface area contributed by atoms with Crippen molar-refractivity contribution in [3.05, 3.63) is 60.3 Å². The number of carboxylic acid groups (broad SMARTS) is 1. The first-order chi connectivity index (χ1) is 25.3. The number of unbranched alkanes of at least 4 members (excludes halogenated alkanes) is 5. The highest BCUT2D eigenvalue weighted by Crippen LogP contribution is 2.75. The third-order valence-corrected chi connectivity index (χ3v) is 16.9. The summed E-state index contributed by atoms with van der Waals surface area (Å²) in [6.07, 6.45) is 43.0. The lowest BCUT2D eigenvalue weighted by Gasteiger charge is -2.71. The smallest absolute Gasteiger partial charge is 0.310 e. The number of hydrogen-bond donors (Lipinski definition) is 1. The van der Waals surface area contributed by atoms with Crippen LogP contribution >= 0.6 is 0 Å². The van der Waals surface area contributed by atoms with E-state index in [4.69, 9.17) is 4.74 Å². The minimum absolute atomic E-state index is 0.0864. The van der Waals surface area contributed by atoms with Crippen LogP contribution in [0.25, 0.3) is 0 Å². The molecule has 3 heteroatoms. The van der Waals surface area contributed by atoms with E-state index in [-0.39, 0.29) is 27.6 Å². The van der Waals surface area contributed by atoms with Crippen molar-refractivity contribution in [3.8, 4) is 0 Å². The first-order valence-corrected chi connectivity index (χ1v) is 22.4. The van der Waals surface area contributed by atoms with Gasteiger partial charge in [0.1, 0.15) is 0 Å². The van der Waals surface area contributed by atoms with Crippen molar-refractivity contribution in [2.75, 3.05) is 6.61 Å². The van der Waals surface area contributed by atoms with Gasteiger partial charge in [-0.1, -0.05) is 128 Å². The topological polar surface area (TPSA) is 46.5 Å². The number of fused-ring (bicyclic) bond motifs is 7. The summed E-state index contributed by atoms with van der Waals surface area (Å²) >= 11 is 0. The Bertz CT molecular complexity index is 1360. The SMILES string of the molecule is CCCCCC=CCC=CCC=CCC=CCCCCO[C@H]1CC[C@@]2(C)C(CC[C@]3(C)[C@@H]2CC=C2[C@@H]4[C@@H](C)[C@H](C)CC[C@]4(C(=O)O)CC[C@]23C)C1(C)C. The van der Waals surface area contributed by atoms with Gasteiger partial charge in [0, 0.05) is 6.61 Å². The summed E-state index contributed by atoms with van der Waals surface area (Å²) < 4.78 is 6.79. The van der Waals surface area contributed by atoms with Gasteiger partial charge >= 0.3 is 5.97 Å². The molecule has 0 aromatic rings. The average molecular weight is 729 g/mol. The second kappa shape index (κ2) is 17.9. The van der Waals surface area contributed by atoms with E-state index in [2.05, 4.69) is 110 Å². The fourth-order valence-corrected chi connectivity index (χ4v) is 13.3. The third-order valence-electron chi connectivity index (χ3n) is 16.9. The van der Waals surface area contributed by atoms with Gasteiger partial charge in [0.05, 0.1) is 11.5 Å². The highest BCUT2D eigenvalue weighted by molar-refractivity contribution is 5.76. The van der Waals surface area contributed by atoms with E-state index in [0.29, 0.717) is 29.8 Å². The number of carbonyl (C=O) groups is 1. The largest absolute Gasteiger partial charge is 0.481 e. The molecule has 3 nitrogen and oxygen atoms in total. The maximum Gasteiger partial charge on any atom is 0.310 e. The number of hydrogen-bond acceptors (Lipinski definition) is 2. The van der Waals surface area contributed by atoms with Crippen molar-refractivity contribution in [2.45, 2.75) is 183 Å². The Kier molecular flexibility index (Phi) is 14.3. The number of carboxylic acids is 1. The van der Waals surface area contributed by atoms with Gasteiger partial charge in [0.15, 0.2) is 0 Å². The van der Waals surface area contributed by atoms with E-state index in [1.807, 2.05) is 0 Å². The van der Waals surface area contributed by atoms with Crippen LogP contribution in [0.1, 0.15) is 177 Å². The molecule has 4 fully saturated rings. The van der Waals surface area contributed by atoms with E-state index >= 15 is 0 Å². The van der Waals surface area contributed by atoms with Crippen LogP contribution in [0.2, 0.25) is 0 Å². The molecule has 0 aromatic carbocycles. The van der Waals surface area contributed by atoms with Crippen LogP contribution in [0.15, 0.2) is 60.3 Å². The zero-order valence-corrected chi connectivity index (χ0v) is 35.6. The van der Waals surface area contributed by atoms with Crippen molar-refractivity contribution in [2.24, 2.45) is 56.7 Å². The van der Waals surface area contributed by atoms with Gasteiger partial charge in [-0.3, -0.25) is 4.79 Å². The molecule has 10 atom stereocenters. The molecule has 0 aromatic heterocycles. The summed E-state index contributed by atoms with van der Waals surface area (Å²) in [6, 6.07) is 0. The zero-order valence-electron chi connectivity index (χ0n) is 35.6. The normalized spacial score (nSPS) is 39.6. The first kappa shape index (κ1) is 42.3. The molecule has 53 heavy (non-hydrogen) atoms. The summed E-state index contributed by atoms with van der Waals surface area (Å²) in [5.74, 6) is 1.98. The molecule has 0 heterocycles. The van der Waals surface area contributed by atoms with Crippen LogP contribution in [-0.4, -0.2) is 23.8 Å². The van der Waals surface area contributed by atoms with E-state index in [1.54, 1.807) is 5.57 Å². The fraction of sp³-hybridized carbons (Fsp3) is 0.780. The zero-order chi connectivity index (χ0) is 38.3. The summed E-state index contributed by atoms with van der Waals surface area (Å²) in [6.45, 7) is 20.8. The van der Waals surface area contributed by atoms with Crippen molar-refractivity contribution in [1.29, 1.82) is 0 Å². The Balaban J connectivity index is 1.09. The molecule has 0 spiro atoms. The van der Waals surface area contributed by atoms with Crippen LogP contribution in [0.4, 0.5) is 0 Å². The van der Waals surface area contributed by atoms with Crippen molar-refractivity contribution in [3.63, 3.8) is 0 Å². The fourth-order valence-electron chi connectivity index (χ4n) is 13.3. The third kappa shape index (κ3) is 8.32. The lowest BCUT2D eigenvalue weighted by atomic mass is 9.33. The van der Waals surface area contributed by atoms with E-state index < -0.39 is 11.4 Å². The van der Waals surface area contributed by atoms with Gasteiger partial charge in [-0.2, -0.15) is 0 Å². The molecule has 0 aliphatic heterocycles. The summed E-state index contributed by atoms with van der Waals surface area (Å²) in [4.78, 5) is 13.0. The van der Waals surface area contributed by atoms with Gasteiger partial charge in [-0.05, 0) is 160 Å². The molecule has 1 N–H and O–H groups in total. The summed E-state index contributed by atoms with van der Waals surface area (Å²) in [5, 5.41) is 10.7. The molecule has 5 aliphatic rings. The molecule has 0 radical (unpaired) electrons. The Morgan fingerprint density at radius 3 is 2.00 bits per heavy atom. The summed E-state index contributed by atoms with van der Waals surface area (Å²) in [7, 11) is 0. The number of rotatable bonds is 17. The van der Waals surface area contributed by atoms with Crippen molar-refractivity contribution >= 4 is 5.97 Å². The van der Waals surface area contributed by atoms with Crippen LogP contribution in [-0.2, 0) is 9.53 Å². The first-order valence-electron chi connectivity index (χ1n) is 22.4. The molecular formula is C50H80O3. The molecule has 0 saturated heterocycles. The van der Waals surface area contributed by atoms with Gasteiger partial charge in [-0.25, -0.2) is 0 Å². The lowest BCUT2D eigenvalue weighted by molar-refractivity contribution is -0.213. The molecule has 5 aliphatic carbocycles. The van der Waals surface area contributed by atoms with Crippen molar-refractivity contribution in [1.82, 2.24) is 0 Å². The van der Waals surface area contributed by atoms with Crippen LogP contribution < -0.4 is 0 Å². The van der Waals surface area contributed by atoms with Crippen LogP contribution in [0.3, 0.4) is 0 Å². The van der Waals surface area contributed by atoms with E-state index in [0.717, 1.165) is 77.2 Å². The molecule has 298 valence electrons. The molecule has 0 amide bonds. The molecule has 5 rings (SSSR count). The van der Waals surface area contributed by atoms with Gasteiger partial charge in [0.25, 0.3) is 0 Å². The highest BCUT2D eigenvalue weighted by Gasteiger charge is 2.69. The van der Waals surface area contributed by atoms with E-state index in [9.17, 15) is 9.90 Å². The highest BCUT2D eigenvalue weighted by atomic mass is 16.5. The molecule has 0 bridgehead atoms. The van der Waals surface area contributed by atoms with Gasteiger partial charge < -0.3 is 9.84 Å². The minimum Gasteiger partial charge on any atom is -0.481 e. The average Bonchev–Trinajstić information content (AvgIpc) is 3.11. The lowest BCUT2D eigenvalue weighted by Crippen LogP contribution is -2.65. The maximum atomic E-state index is 13.0. The number of ether oxygens (including phenoxy) is 1. The van der Waals surface area contributed by atoms with E-state index in [1.165, 1.54) is 51.4 Å². The minimum atomic E-state index is -0.561. The predicted octanol–water partition coefficient (Wildman–Crippen LogP) is 14.3. The second-order valence-corrected chi connectivity index (χ2v) is 19.9. The van der Waals surface area contributed by atoms with Gasteiger partial charge in [0.2, 0.25) is 0 Å². The van der Waals surface area contributed by atoms with Crippen LogP contribution in [0, 0.1) is 56.7 Å². The Labute approximate surface area is 326 Å². The monoisotopic (exact) mass is 729 g/mol. The second-order valence-electron chi connectivity index (χ2n) is 19.9. The van der Waals surface area contributed by atoms with Gasteiger partial charge in [-0.15, -0.1) is 0 Å². The van der Waals surface area contributed by atoms with Crippen molar-refractivity contribution < 1.29 is 14.6 Å². The Morgan fingerprint density at radius 1 is 0.755 bits per heavy atom. The maximum absolute atomic E-state index is 13.0. The Morgan fingerprint density at radius 2 is 1.38 bits per heavy atom. The molecule has 1 unspecified atom stereocenters. The number of allylic oxidation sites excluding steroid dienone is 10. The predicted molar refractivity (Wildman–Crippen MR) is 225 cm³/mol. The summed E-state index contributed by atoms with van der Waals surface area (Å²) in [5.41, 5.74) is 1.73. The molecule has 4 saturated carbocycles.